The molecule has 4 rings (SSSR count). The number of terminal acetylenes is 1. The molecule has 16 heteroatoms. The van der Waals surface area contributed by atoms with Crippen LogP contribution >= 0.6 is 15.8 Å². The van der Waals surface area contributed by atoms with Gasteiger partial charge in [-0.05, 0) is 68.0 Å². The van der Waals surface area contributed by atoms with Gasteiger partial charge in [0.1, 0.15) is 0 Å². The number of nitrogens with one attached hydrogen (secondary N) is 1. The average Bonchev–Trinajstić information content (AvgIpc) is 3.86. The SMILES string of the molecule is C#Cc1cccc(C(=O)O)c1.C1CCOC1.CCP(CC)CC.CCP(CC)CC.O=C(O)c1cccc(-c2[c-]nn[nH]2)c1.[Au+].[Au+].[B].[N-]=[N+]=[N-]. The van der Waals surface area contributed by atoms with Crippen LogP contribution < -0.4 is 0 Å². The first-order chi connectivity index (χ1) is 22.6. The Morgan fingerprint density at radius 2 is 1.28 bits per heavy atom. The van der Waals surface area contributed by atoms with E-state index in [1.807, 2.05) is 0 Å². The first-order valence-electron chi connectivity index (χ1n) is 15.6. The zero-order chi connectivity index (χ0) is 35.9. The van der Waals surface area contributed by atoms with Gasteiger partial charge in [0.15, 0.2) is 0 Å². The van der Waals surface area contributed by atoms with Crippen LogP contribution in [0.2, 0.25) is 0 Å². The van der Waals surface area contributed by atoms with Crippen LogP contribution in [0.1, 0.15) is 80.7 Å². The summed E-state index contributed by atoms with van der Waals surface area (Å²) in [6.07, 6.45) is 18.8. The molecular weight excluding hydrogens is 1040 g/mol. The van der Waals surface area contributed by atoms with Crippen molar-refractivity contribution < 1.29 is 69.3 Å². The molecule has 1 saturated heterocycles. The number of aromatic amines is 1. The van der Waals surface area contributed by atoms with Gasteiger partial charge in [0.25, 0.3) is 0 Å². The molecule has 0 amide bonds. The number of carboxylic acids is 2. The molecule has 1 fully saturated rings. The number of rotatable bonds is 9. The second kappa shape index (κ2) is 39.5. The van der Waals surface area contributed by atoms with Crippen molar-refractivity contribution in [3.63, 3.8) is 0 Å². The van der Waals surface area contributed by atoms with Crippen molar-refractivity contribution in [3.8, 4) is 23.6 Å². The van der Waals surface area contributed by atoms with Crippen molar-refractivity contribution in [1.29, 1.82) is 0 Å². The molecule has 2 heterocycles. The quantitative estimate of drug-likeness (QED) is 0.0364. The summed E-state index contributed by atoms with van der Waals surface area (Å²) >= 11 is 0. The first kappa shape index (κ1) is 57.1. The number of hydrogen-bond donors (Lipinski definition) is 3. The van der Waals surface area contributed by atoms with Gasteiger partial charge >= 0.3 is 56.7 Å². The van der Waals surface area contributed by atoms with Gasteiger partial charge in [-0.3, -0.25) is 10.0 Å². The predicted molar refractivity (Wildman–Crippen MR) is 202 cm³/mol. The fourth-order valence-electron chi connectivity index (χ4n) is 3.71. The Balaban J connectivity index is -0.000000170. The molecule has 0 saturated carbocycles. The van der Waals surface area contributed by atoms with E-state index < -0.39 is 11.9 Å². The zero-order valence-corrected chi connectivity index (χ0v) is 35.8. The van der Waals surface area contributed by atoms with E-state index in [0.29, 0.717) is 32.7 Å². The van der Waals surface area contributed by atoms with Gasteiger partial charge in [-0.25, -0.2) is 14.7 Å². The number of ether oxygens (including phenoxy) is 1. The maximum absolute atomic E-state index is 10.7. The van der Waals surface area contributed by atoms with E-state index in [1.165, 1.54) is 79.0 Å². The molecule has 3 radical (unpaired) electrons. The Kier molecular flexibility index (Phi) is 45.2. The minimum atomic E-state index is -0.959. The molecule has 0 bridgehead atoms. The summed E-state index contributed by atoms with van der Waals surface area (Å²) in [5, 5.41) is 26.9. The number of hydrogen-bond acceptors (Lipinski definition) is 5. The predicted octanol–water partition coefficient (Wildman–Crippen LogP) is 8.67. The second-order valence-corrected chi connectivity index (χ2v) is 15.8. The Labute approximate surface area is 334 Å². The van der Waals surface area contributed by atoms with Crippen molar-refractivity contribution in [2.24, 2.45) is 0 Å². The van der Waals surface area contributed by atoms with E-state index >= 15 is 0 Å². The van der Waals surface area contributed by atoms with Crippen LogP contribution in [-0.4, -0.2) is 96.2 Å². The van der Waals surface area contributed by atoms with E-state index in [0.717, 1.165) is 13.2 Å². The summed E-state index contributed by atoms with van der Waals surface area (Å²) in [4.78, 5) is 22.6. The summed E-state index contributed by atoms with van der Waals surface area (Å²) in [7, 11) is 0.892. The van der Waals surface area contributed by atoms with E-state index in [1.54, 1.807) is 24.3 Å². The second-order valence-electron chi connectivity index (χ2n) is 9.36. The third kappa shape index (κ3) is 29.5. The van der Waals surface area contributed by atoms with E-state index in [9.17, 15) is 9.59 Å². The summed E-state index contributed by atoms with van der Waals surface area (Å²) in [6.45, 7) is 15.7. The minimum Gasteiger partial charge on any atom is -0.478 e. The number of benzene rings is 2. The maximum atomic E-state index is 10.7. The summed E-state index contributed by atoms with van der Waals surface area (Å²) in [6, 6.07) is 12.8. The number of carbonyl (C=O) groups is 2. The molecule has 0 aliphatic carbocycles. The first-order valence-corrected chi connectivity index (χ1v) is 19.3. The third-order valence-corrected chi connectivity index (χ3v) is 11.9. The van der Waals surface area contributed by atoms with Crippen LogP contribution in [0.4, 0.5) is 0 Å². The van der Waals surface area contributed by atoms with Gasteiger partial charge in [-0.15, -0.1) is 40.0 Å². The standard InChI is InChI=1S/C9H6N3O2.C9H6O2.2C6H15P.C4H8O.2Au.B.N3/c13-9(14)7-3-1-2-6(4-7)8-5-10-12-11-8;1-2-7-4-3-5-8(6-7)9(10)11;2*1-4-7(5-2)6-3;1-2-4-5-3-1;;;;1-3-2/h1-4H,(H,13,14)(H,10,11,12);1,3-6H,(H,10,11);2*4-6H2,1-3H3;1-4H2;;;;/q-1;;;;;2*+1;;-1. The molecule has 11 nitrogen and oxygen atoms in total. The number of carboxylic acid groups (broad SMARTS) is 2. The van der Waals surface area contributed by atoms with Crippen LogP contribution in [0.15, 0.2) is 48.5 Å². The third-order valence-electron chi connectivity index (χ3n) is 6.56. The van der Waals surface area contributed by atoms with Crippen molar-refractivity contribution in [2.75, 3.05) is 50.2 Å². The average molecular weight is 1090 g/mol. The largest absolute Gasteiger partial charge is 1.00 e. The van der Waals surface area contributed by atoms with E-state index in [4.69, 9.17) is 32.4 Å². The topological polar surface area (TPSA) is 184 Å². The minimum absolute atomic E-state index is 0. The molecule has 1 aromatic heterocycles. The molecule has 50 heavy (non-hydrogen) atoms. The van der Waals surface area contributed by atoms with E-state index in [2.05, 4.69) is 69.1 Å². The Hall–Kier alpha value is -2.24. The number of aromatic carboxylic acids is 2. The summed E-state index contributed by atoms with van der Waals surface area (Å²) in [5.41, 5.74) is 15.8. The van der Waals surface area contributed by atoms with E-state index in [-0.39, 0.29) is 64.3 Å². The van der Waals surface area contributed by atoms with Gasteiger partial charge in [0, 0.05) is 32.8 Å². The van der Waals surface area contributed by atoms with Gasteiger partial charge < -0.3 is 26.0 Å². The molecule has 3 N–H and O–H groups in total. The summed E-state index contributed by atoms with van der Waals surface area (Å²) in [5.74, 6) is 0.444. The van der Waals surface area contributed by atoms with Crippen LogP contribution in [-0.2, 0) is 49.5 Å². The zero-order valence-electron chi connectivity index (χ0n) is 29.7. The van der Waals surface area contributed by atoms with Crippen molar-refractivity contribution in [3.05, 3.63) is 87.4 Å². The monoisotopic (exact) mass is 1090 g/mol. The van der Waals surface area contributed by atoms with Crippen LogP contribution in [0, 0.1) is 18.5 Å². The molecule has 0 atom stereocenters. The van der Waals surface area contributed by atoms with Gasteiger partial charge in [-0.1, -0.05) is 82.8 Å². The molecular formula is C34H50Au2BN6O5P2. The normalized spacial score (nSPS) is 10.1. The Bertz CT molecular complexity index is 1290. The molecule has 0 unspecified atom stereocenters. The summed E-state index contributed by atoms with van der Waals surface area (Å²) < 4.78 is 4.94. The van der Waals surface area contributed by atoms with Crippen molar-refractivity contribution in [2.45, 2.75) is 54.4 Å². The molecule has 1 aliphatic rings. The van der Waals surface area contributed by atoms with Gasteiger partial charge in [0.2, 0.25) is 0 Å². The van der Waals surface area contributed by atoms with Crippen LogP contribution in [0.5, 0.6) is 0 Å². The molecule has 0 spiro atoms. The smallest absolute Gasteiger partial charge is 0.478 e. The molecule has 3 aromatic rings. The maximum Gasteiger partial charge on any atom is 1.00 e. The van der Waals surface area contributed by atoms with Crippen LogP contribution in [0.3, 0.4) is 0 Å². The molecule has 1 aliphatic heterocycles. The molecule has 281 valence electrons. The van der Waals surface area contributed by atoms with Crippen molar-refractivity contribution in [1.82, 2.24) is 15.4 Å². The van der Waals surface area contributed by atoms with Gasteiger partial charge in [-0.2, -0.15) is 0 Å². The fraction of sp³-hybridized carbons (Fsp3) is 0.471. The van der Waals surface area contributed by atoms with Crippen molar-refractivity contribution >= 4 is 36.2 Å². The Morgan fingerprint density at radius 3 is 1.58 bits per heavy atom. The van der Waals surface area contributed by atoms with Gasteiger partial charge in [0.05, 0.1) is 5.56 Å². The Morgan fingerprint density at radius 1 is 0.860 bits per heavy atom. The number of H-pyrrole nitrogens is 1. The number of nitrogens with zero attached hydrogens (tertiary/aromatic N) is 5. The number of aromatic nitrogens is 3. The fourth-order valence-corrected chi connectivity index (χ4v) is 6.39. The van der Waals surface area contributed by atoms with Crippen LogP contribution in [0.25, 0.3) is 27.2 Å². The molecule has 2 aromatic carbocycles.